The number of amides is 4. The van der Waals surface area contributed by atoms with Gasteiger partial charge in [-0.1, -0.05) is 48.4 Å². The van der Waals surface area contributed by atoms with Gasteiger partial charge in [-0.3, -0.25) is 14.5 Å². The second-order valence-corrected chi connectivity index (χ2v) is 9.19. The van der Waals surface area contributed by atoms with Crippen molar-refractivity contribution in [3.8, 4) is 11.8 Å². The highest BCUT2D eigenvalue weighted by Crippen LogP contribution is 2.37. The Labute approximate surface area is 211 Å². The van der Waals surface area contributed by atoms with Gasteiger partial charge in [-0.05, 0) is 67.9 Å². The average molecular weight is 488 g/mol. The number of nitrogens with zero attached hydrogens (tertiary/aromatic N) is 2. The summed E-state index contributed by atoms with van der Waals surface area (Å²) in [5.41, 5.74) is 0.697. The van der Waals surface area contributed by atoms with Gasteiger partial charge in [0.2, 0.25) is 5.91 Å². The molecule has 4 amide bonds. The van der Waals surface area contributed by atoms with Gasteiger partial charge in [0.05, 0.1) is 6.54 Å². The molecule has 2 aromatic rings. The van der Waals surface area contributed by atoms with Gasteiger partial charge >= 0.3 is 6.03 Å². The predicted molar refractivity (Wildman–Crippen MR) is 136 cm³/mol. The van der Waals surface area contributed by atoms with E-state index in [1.165, 1.54) is 23.1 Å². The van der Waals surface area contributed by atoms with E-state index in [0.29, 0.717) is 44.3 Å². The van der Waals surface area contributed by atoms with Crippen molar-refractivity contribution in [2.24, 2.45) is 5.92 Å². The van der Waals surface area contributed by atoms with Crippen LogP contribution in [0, 0.1) is 23.6 Å². The summed E-state index contributed by atoms with van der Waals surface area (Å²) in [6.07, 6.45) is 5.37. The fraction of sp³-hybridized carbons (Fsp3) is 0.345. The Hall–Kier alpha value is -3.92. The Bertz CT molecular complexity index is 1210. The number of hydrogen-bond donors (Lipinski definition) is 1. The number of carbonyl (C=O) groups excluding carboxylic acids is 3. The third-order valence-corrected chi connectivity index (χ3v) is 7.04. The lowest BCUT2D eigenvalue weighted by atomic mass is 9.74. The molecule has 0 saturated carbocycles. The zero-order chi connectivity index (χ0) is 25.5. The monoisotopic (exact) mass is 487 g/mol. The molecule has 0 unspecified atom stereocenters. The van der Waals surface area contributed by atoms with Crippen molar-refractivity contribution in [3.63, 3.8) is 0 Å². The molecule has 6 nitrogen and oxygen atoms in total. The highest BCUT2D eigenvalue weighted by atomic mass is 19.1. The molecular weight excluding hydrogens is 457 g/mol. The maximum atomic E-state index is 13.6. The highest BCUT2D eigenvalue weighted by molar-refractivity contribution is 6.07. The summed E-state index contributed by atoms with van der Waals surface area (Å²) in [5.74, 6) is 4.73. The number of likely N-dealkylation sites (tertiary alicyclic amines) is 1. The number of nitrogens with one attached hydrogen (secondary N) is 1. The normalized spacial score (nSPS) is 20.4. The van der Waals surface area contributed by atoms with E-state index in [-0.39, 0.29) is 30.1 Å². The first kappa shape index (κ1) is 25.2. The molecule has 36 heavy (non-hydrogen) atoms. The maximum absolute atomic E-state index is 13.6. The number of piperidine rings is 1. The summed E-state index contributed by atoms with van der Waals surface area (Å²) in [7, 11) is 0. The molecule has 0 spiro atoms. The molecule has 0 aliphatic carbocycles. The molecule has 2 fully saturated rings. The van der Waals surface area contributed by atoms with Crippen molar-refractivity contribution in [2.45, 2.75) is 38.1 Å². The van der Waals surface area contributed by atoms with Crippen LogP contribution < -0.4 is 5.32 Å². The van der Waals surface area contributed by atoms with Crippen molar-refractivity contribution in [1.29, 1.82) is 0 Å². The Balaban J connectivity index is 1.47. The van der Waals surface area contributed by atoms with E-state index < -0.39 is 11.6 Å². The lowest BCUT2D eigenvalue weighted by molar-refractivity contribution is -0.134. The number of carbonyl (C=O) groups is 3. The molecule has 1 N–H and O–H groups in total. The van der Waals surface area contributed by atoms with Crippen LogP contribution in [0.25, 0.3) is 6.08 Å². The van der Waals surface area contributed by atoms with Crippen molar-refractivity contribution in [2.75, 3.05) is 19.6 Å². The number of hydrogen-bond acceptors (Lipinski definition) is 3. The molecule has 2 aliphatic rings. The van der Waals surface area contributed by atoms with E-state index in [2.05, 4.69) is 17.2 Å². The lowest BCUT2D eigenvalue weighted by Gasteiger charge is -2.40. The predicted octanol–water partition coefficient (Wildman–Crippen LogP) is 4.02. The van der Waals surface area contributed by atoms with E-state index in [1.807, 2.05) is 30.3 Å². The molecule has 186 valence electrons. The van der Waals surface area contributed by atoms with Crippen LogP contribution in [0.5, 0.6) is 0 Å². The summed E-state index contributed by atoms with van der Waals surface area (Å²) in [6, 6.07) is 15.6. The van der Waals surface area contributed by atoms with Gasteiger partial charge in [0, 0.05) is 19.2 Å². The van der Waals surface area contributed by atoms with E-state index >= 15 is 0 Å². The summed E-state index contributed by atoms with van der Waals surface area (Å²) in [6.45, 7) is 2.69. The summed E-state index contributed by atoms with van der Waals surface area (Å²) in [4.78, 5) is 42.1. The Morgan fingerprint density at radius 1 is 1.14 bits per heavy atom. The van der Waals surface area contributed by atoms with Gasteiger partial charge in [0.1, 0.15) is 11.4 Å². The van der Waals surface area contributed by atoms with Crippen LogP contribution in [0.15, 0.2) is 60.7 Å². The molecule has 2 aromatic carbocycles. The minimum atomic E-state index is -1.02. The molecule has 7 heteroatoms. The van der Waals surface area contributed by atoms with E-state index in [9.17, 15) is 18.8 Å². The fourth-order valence-electron chi connectivity index (χ4n) is 5.06. The second kappa shape index (κ2) is 11.2. The van der Waals surface area contributed by atoms with Crippen molar-refractivity contribution in [3.05, 3.63) is 77.6 Å². The molecule has 2 heterocycles. The Morgan fingerprint density at radius 3 is 2.58 bits per heavy atom. The minimum absolute atomic E-state index is 0.0659. The topological polar surface area (TPSA) is 69.7 Å². The van der Waals surface area contributed by atoms with Crippen LogP contribution in [0.1, 0.15) is 37.3 Å². The van der Waals surface area contributed by atoms with Crippen molar-refractivity contribution < 1.29 is 18.8 Å². The summed E-state index contributed by atoms with van der Waals surface area (Å²) < 4.78 is 13.4. The SMILES string of the molecule is CC#CCN1C(=O)N[C@@](CCc2ccccc2)(C2CCN(C(=O)/C=C/c3cccc(F)c3)CC2)C1=O. The summed E-state index contributed by atoms with van der Waals surface area (Å²) >= 11 is 0. The lowest BCUT2D eigenvalue weighted by Crippen LogP contribution is -2.56. The second-order valence-electron chi connectivity index (χ2n) is 9.19. The first-order valence-corrected chi connectivity index (χ1v) is 12.2. The molecule has 1 atom stereocenters. The molecule has 2 saturated heterocycles. The van der Waals surface area contributed by atoms with Gasteiger partial charge in [-0.15, -0.1) is 5.92 Å². The molecule has 0 radical (unpaired) electrons. The highest BCUT2D eigenvalue weighted by Gasteiger charge is 2.55. The van der Waals surface area contributed by atoms with Gasteiger partial charge in [0.25, 0.3) is 5.91 Å². The van der Waals surface area contributed by atoms with Crippen LogP contribution in [0.4, 0.5) is 9.18 Å². The van der Waals surface area contributed by atoms with Crippen molar-refractivity contribution >= 4 is 23.9 Å². The van der Waals surface area contributed by atoms with E-state index in [1.54, 1.807) is 30.0 Å². The van der Waals surface area contributed by atoms with Crippen LogP contribution >= 0.6 is 0 Å². The number of aryl methyl sites for hydroxylation is 1. The van der Waals surface area contributed by atoms with E-state index in [0.717, 1.165) is 5.56 Å². The van der Waals surface area contributed by atoms with Crippen molar-refractivity contribution in [1.82, 2.24) is 15.1 Å². The number of urea groups is 1. The number of halogens is 1. The van der Waals surface area contributed by atoms with E-state index in [4.69, 9.17) is 0 Å². The van der Waals surface area contributed by atoms with Crippen LogP contribution in [0.3, 0.4) is 0 Å². The fourth-order valence-corrected chi connectivity index (χ4v) is 5.06. The minimum Gasteiger partial charge on any atom is -0.339 e. The summed E-state index contributed by atoms with van der Waals surface area (Å²) in [5, 5.41) is 3.03. The zero-order valence-corrected chi connectivity index (χ0v) is 20.4. The third-order valence-electron chi connectivity index (χ3n) is 7.04. The molecule has 0 bridgehead atoms. The standard InChI is InChI=1S/C29H30FN3O3/c1-2-3-18-33-27(35)29(31-28(33)36,17-14-22-8-5-4-6-9-22)24-15-19-32(20-16-24)26(34)13-12-23-10-7-11-25(30)21-23/h4-13,21,24H,14-20H2,1H3,(H,31,36)/b13-12+/t29-/m0/s1. The zero-order valence-electron chi connectivity index (χ0n) is 20.4. The smallest absolute Gasteiger partial charge is 0.325 e. The van der Waals surface area contributed by atoms with Crippen LogP contribution in [-0.2, 0) is 16.0 Å². The first-order valence-electron chi connectivity index (χ1n) is 12.2. The molecule has 0 aromatic heterocycles. The first-order chi connectivity index (χ1) is 17.4. The largest absolute Gasteiger partial charge is 0.339 e. The number of benzene rings is 2. The quantitative estimate of drug-likeness (QED) is 0.364. The molecule has 2 aliphatic heterocycles. The van der Waals surface area contributed by atoms with Crippen LogP contribution in [-0.4, -0.2) is 52.8 Å². The van der Waals surface area contributed by atoms with Gasteiger partial charge in [-0.25, -0.2) is 9.18 Å². The maximum Gasteiger partial charge on any atom is 0.325 e. The third kappa shape index (κ3) is 5.49. The van der Waals surface area contributed by atoms with Gasteiger partial charge in [0.15, 0.2) is 0 Å². The number of rotatable bonds is 7. The van der Waals surface area contributed by atoms with Gasteiger partial charge in [-0.2, -0.15) is 0 Å². The van der Waals surface area contributed by atoms with Crippen LogP contribution in [0.2, 0.25) is 0 Å². The average Bonchev–Trinajstić information content (AvgIpc) is 3.15. The molecule has 4 rings (SSSR count). The number of imide groups is 1. The Kier molecular flexibility index (Phi) is 7.84. The molecular formula is C29H30FN3O3. The van der Waals surface area contributed by atoms with Gasteiger partial charge < -0.3 is 10.2 Å². The Morgan fingerprint density at radius 2 is 1.89 bits per heavy atom.